The zero-order valence-electron chi connectivity index (χ0n) is 20.7. The molecule has 0 spiro atoms. The van der Waals surface area contributed by atoms with E-state index in [-0.39, 0.29) is 43.5 Å². The van der Waals surface area contributed by atoms with Gasteiger partial charge in [-0.25, -0.2) is 26.3 Å². The second-order valence-electron chi connectivity index (χ2n) is 7.79. The number of nitrogens with two attached hydrogens (primary N) is 1. The molecule has 0 unspecified atom stereocenters. The largest absolute Gasteiger partial charge is 0.492 e. The molecule has 40 heavy (non-hydrogen) atoms. The molecule has 20 heteroatoms. The van der Waals surface area contributed by atoms with Crippen LogP contribution in [0, 0.1) is 10.1 Å². The van der Waals surface area contributed by atoms with Crippen LogP contribution in [0.1, 0.15) is 11.1 Å². The highest BCUT2D eigenvalue weighted by molar-refractivity contribution is 7.89. The molecule has 0 amide bonds. The molecule has 0 radical (unpaired) electrons. The summed E-state index contributed by atoms with van der Waals surface area (Å²) in [7, 11) is -6.80. The van der Waals surface area contributed by atoms with Gasteiger partial charge in [0.05, 0.1) is 34.6 Å². The first-order valence-electron chi connectivity index (χ1n) is 10.6. The van der Waals surface area contributed by atoms with E-state index in [9.17, 15) is 53.3 Å². The molecule has 226 valence electrons. The van der Waals surface area contributed by atoms with E-state index in [1.807, 2.05) is 0 Å². The van der Waals surface area contributed by atoms with Crippen LogP contribution in [0.15, 0.2) is 36.4 Å². The summed E-state index contributed by atoms with van der Waals surface area (Å²) in [5, 5.41) is 10.6. The highest BCUT2D eigenvalue weighted by Crippen LogP contribution is 2.35. The minimum Gasteiger partial charge on any atom is -0.492 e. The standard InChI is InChI=1S/C10H11F3N2O5S.C10H13F3N2O3S/c1-21(18,19)14-2-3-20-9-5-7(10(11,12)13)4-8(6-9)15(16)17;1-19(16,17)15-2-3-18-9-5-7(10(11,12)13)4-8(14)6-9/h4-6,14H,2-3H2,1H3;4-6,15H,2-3,14H2,1H3. The van der Waals surface area contributed by atoms with E-state index in [1.54, 1.807) is 0 Å². The summed E-state index contributed by atoms with van der Waals surface area (Å²) >= 11 is 0. The zero-order valence-corrected chi connectivity index (χ0v) is 22.3. The number of anilines is 1. The minimum absolute atomic E-state index is 0.0466. The first-order chi connectivity index (χ1) is 18.1. The molecule has 0 heterocycles. The number of sulfonamides is 2. The molecule has 0 aromatic heterocycles. The van der Waals surface area contributed by atoms with Crippen LogP contribution in [0.3, 0.4) is 0 Å². The van der Waals surface area contributed by atoms with Crippen molar-refractivity contribution in [1.29, 1.82) is 0 Å². The van der Waals surface area contributed by atoms with Crippen LogP contribution >= 0.6 is 0 Å². The average molecular weight is 627 g/mol. The van der Waals surface area contributed by atoms with Gasteiger partial charge in [-0.1, -0.05) is 0 Å². The van der Waals surface area contributed by atoms with Gasteiger partial charge in [0.25, 0.3) is 5.69 Å². The van der Waals surface area contributed by atoms with Crippen molar-refractivity contribution in [2.24, 2.45) is 0 Å². The van der Waals surface area contributed by atoms with E-state index < -0.39 is 54.1 Å². The lowest BCUT2D eigenvalue weighted by atomic mass is 10.2. The Kier molecular flexibility index (Phi) is 12.0. The van der Waals surface area contributed by atoms with Crippen LogP contribution in [-0.4, -0.2) is 60.6 Å². The van der Waals surface area contributed by atoms with E-state index in [0.29, 0.717) is 12.1 Å². The van der Waals surface area contributed by atoms with Crippen molar-refractivity contribution in [1.82, 2.24) is 9.44 Å². The van der Waals surface area contributed by atoms with Crippen molar-refractivity contribution in [3.63, 3.8) is 0 Å². The average Bonchev–Trinajstić information content (AvgIpc) is 2.77. The maximum absolute atomic E-state index is 12.6. The van der Waals surface area contributed by atoms with Crippen LogP contribution in [0.4, 0.5) is 37.7 Å². The number of ether oxygens (including phenoxy) is 2. The van der Waals surface area contributed by atoms with Crippen molar-refractivity contribution in [2.75, 3.05) is 44.5 Å². The minimum atomic E-state index is -4.75. The summed E-state index contributed by atoms with van der Waals surface area (Å²) in [6.45, 7) is -0.600. The SMILES string of the molecule is CS(=O)(=O)NCCOc1cc(N)cc(C(F)(F)F)c1.CS(=O)(=O)NCCOc1cc([N+](=O)[O-])cc(C(F)(F)F)c1. The van der Waals surface area contributed by atoms with E-state index in [0.717, 1.165) is 30.7 Å². The summed E-state index contributed by atoms with van der Waals surface area (Å²) in [5.74, 6) is -0.436. The third kappa shape index (κ3) is 14.1. The van der Waals surface area contributed by atoms with Crippen molar-refractivity contribution in [2.45, 2.75) is 12.4 Å². The Balaban J connectivity index is 0.000000402. The fraction of sp³-hybridized carbons (Fsp3) is 0.400. The van der Waals surface area contributed by atoms with Gasteiger partial charge >= 0.3 is 12.4 Å². The quantitative estimate of drug-likeness (QED) is 0.111. The number of hydrogen-bond acceptors (Lipinski definition) is 9. The van der Waals surface area contributed by atoms with Crippen LogP contribution in [0.2, 0.25) is 0 Å². The number of nitrogens with zero attached hydrogens (tertiary/aromatic N) is 1. The molecule has 12 nitrogen and oxygen atoms in total. The smallest absolute Gasteiger partial charge is 0.416 e. The number of hydrogen-bond donors (Lipinski definition) is 3. The maximum atomic E-state index is 12.6. The molecule has 0 aliphatic heterocycles. The topological polar surface area (TPSA) is 180 Å². The van der Waals surface area contributed by atoms with Crippen LogP contribution in [-0.2, 0) is 32.4 Å². The Morgan fingerprint density at radius 3 is 1.55 bits per heavy atom. The number of nitro groups is 1. The summed E-state index contributed by atoms with van der Waals surface area (Å²) < 4.78 is 132. The van der Waals surface area contributed by atoms with Gasteiger partial charge in [0, 0.05) is 30.9 Å². The Morgan fingerprint density at radius 2 is 1.18 bits per heavy atom. The van der Waals surface area contributed by atoms with E-state index in [2.05, 4.69) is 9.44 Å². The molecule has 0 bridgehead atoms. The normalized spacial score (nSPS) is 12.3. The predicted molar refractivity (Wildman–Crippen MR) is 131 cm³/mol. The molecular weight excluding hydrogens is 602 g/mol. The fourth-order valence-corrected chi connectivity index (χ4v) is 3.50. The number of non-ortho nitro benzene ring substituents is 1. The highest BCUT2D eigenvalue weighted by atomic mass is 32.2. The molecule has 0 aliphatic rings. The van der Waals surface area contributed by atoms with Gasteiger partial charge in [0.2, 0.25) is 20.0 Å². The van der Waals surface area contributed by atoms with Crippen molar-refractivity contribution in [3.8, 4) is 11.5 Å². The second kappa shape index (κ2) is 13.8. The van der Waals surface area contributed by atoms with Gasteiger partial charge < -0.3 is 15.2 Å². The van der Waals surface area contributed by atoms with Crippen molar-refractivity contribution < 1.29 is 57.6 Å². The lowest BCUT2D eigenvalue weighted by Gasteiger charge is -2.11. The molecule has 2 aromatic rings. The van der Waals surface area contributed by atoms with Gasteiger partial charge in [0.15, 0.2) is 0 Å². The summed E-state index contributed by atoms with van der Waals surface area (Å²) in [6, 6.07) is 4.65. The number of rotatable bonds is 11. The molecule has 0 fully saturated rings. The maximum Gasteiger partial charge on any atom is 0.416 e. The van der Waals surface area contributed by atoms with Gasteiger partial charge in [0.1, 0.15) is 24.7 Å². The number of nitro benzene ring substituents is 1. The van der Waals surface area contributed by atoms with Gasteiger partial charge in [-0.2, -0.15) is 26.3 Å². The predicted octanol–water partition coefficient (Wildman–Crippen LogP) is 2.76. The molecule has 0 saturated heterocycles. The van der Waals surface area contributed by atoms with Crippen LogP contribution < -0.4 is 24.7 Å². The van der Waals surface area contributed by atoms with Gasteiger partial charge in [-0.15, -0.1) is 0 Å². The number of alkyl halides is 6. The van der Waals surface area contributed by atoms with E-state index >= 15 is 0 Å². The monoisotopic (exact) mass is 626 g/mol. The fourth-order valence-electron chi connectivity index (χ4n) is 2.60. The van der Waals surface area contributed by atoms with Gasteiger partial charge in [-0.05, 0) is 18.2 Å². The Hall–Kier alpha value is -3.36. The molecule has 0 saturated carbocycles. The summed E-state index contributed by atoms with van der Waals surface area (Å²) in [6.07, 6.45) is -7.40. The van der Waals surface area contributed by atoms with Crippen molar-refractivity contribution >= 4 is 31.4 Å². The first-order valence-corrected chi connectivity index (χ1v) is 14.3. The molecule has 0 atom stereocenters. The van der Waals surface area contributed by atoms with E-state index in [4.69, 9.17) is 15.2 Å². The molecule has 0 aliphatic carbocycles. The lowest BCUT2D eigenvalue weighted by Crippen LogP contribution is -2.26. The van der Waals surface area contributed by atoms with Gasteiger partial charge in [-0.3, -0.25) is 10.1 Å². The lowest BCUT2D eigenvalue weighted by molar-refractivity contribution is -0.385. The molecule has 2 rings (SSSR count). The van der Waals surface area contributed by atoms with E-state index in [1.165, 1.54) is 6.07 Å². The number of nitrogens with one attached hydrogen (secondary N) is 2. The molecular formula is C20H24F6N4O8S2. The van der Waals surface area contributed by atoms with Crippen LogP contribution in [0.5, 0.6) is 11.5 Å². The third-order valence-electron chi connectivity index (χ3n) is 4.16. The Morgan fingerprint density at radius 1 is 0.775 bits per heavy atom. The summed E-state index contributed by atoms with van der Waals surface area (Å²) in [4.78, 5) is 9.61. The third-order valence-corrected chi connectivity index (χ3v) is 5.61. The zero-order chi connectivity index (χ0) is 30.9. The number of nitrogen functional groups attached to an aromatic ring is 1. The first kappa shape index (κ1) is 34.7. The molecule has 4 N–H and O–H groups in total. The van der Waals surface area contributed by atoms with Crippen LogP contribution in [0.25, 0.3) is 0 Å². The number of halogens is 6. The summed E-state index contributed by atoms with van der Waals surface area (Å²) in [5.41, 5.74) is 2.35. The van der Waals surface area contributed by atoms with Crippen molar-refractivity contribution in [3.05, 3.63) is 57.6 Å². The Labute approximate surface area is 224 Å². The number of benzene rings is 2. The highest BCUT2D eigenvalue weighted by Gasteiger charge is 2.33. The molecule has 2 aromatic carbocycles. The second-order valence-corrected chi connectivity index (χ2v) is 11.5. The Bertz CT molecular complexity index is 1380.